The smallest absolute Gasteiger partial charge is 0.225 e. The predicted molar refractivity (Wildman–Crippen MR) is 86.0 cm³/mol. The van der Waals surface area contributed by atoms with E-state index in [1.807, 2.05) is 0 Å². The van der Waals surface area contributed by atoms with Gasteiger partial charge in [-0.25, -0.2) is 0 Å². The Kier molecular flexibility index (Phi) is 5.10. The third-order valence-corrected chi connectivity index (χ3v) is 4.93. The van der Waals surface area contributed by atoms with Crippen molar-refractivity contribution >= 4 is 34.2 Å². The fraction of sp³-hybridized carbons (Fsp3) is 0.533. The van der Waals surface area contributed by atoms with Crippen LogP contribution in [-0.4, -0.2) is 19.0 Å². The van der Waals surface area contributed by atoms with Crippen molar-refractivity contribution in [2.45, 2.75) is 31.2 Å². The van der Waals surface area contributed by atoms with E-state index in [2.05, 4.69) is 50.8 Å². The number of hydrogen-bond acceptors (Lipinski definition) is 2. The van der Waals surface area contributed by atoms with E-state index in [4.69, 9.17) is 0 Å². The maximum Gasteiger partial charge on any atom is 0.225 e. The van der Waals surface area contributed by atoms with Crippen LogP contribution in [0.25, 0.3) is 0 Å². The summed E-state index contributed by atoms with van der Waals surface area (Å²) < 4.78 is 1.08. The van der Waals surface area contributed by atoms with Crippen molar-refractivity contribution < 1.29 is 4.79 Å². The quantitative estimate of drug-likeness (QED) is 0.871. The molecule has 3 nitrogen and oxygen atoms in total. The van der Waals surface area contributed by atoms with E-state index in [1.54, 1.807) is 0 Å². The summed E-state index contributed by atoms with van der Waals surface area (Å²) in [5.41, 5.74) is 1.13. The first-order chi connectivity index (χ1) is 9.20. The highest BCUT2D eigenvalue weighted by molar-refractivity contribution is 9.10. The number of rotatable bonds is 3. The number of carbonyl (C=O) groups excluding carboxylic acids is 1. The molecular formula is C15H20BrClN2O. The van der Waals surface area contributed by atoms with E-state index in [0.717, 1.165) is 36.8 Å². The molecule has 0 spiro atoms. The van der Waals surface area contributed by atoms with E-state index in [1.165, 1.54) is 12.0 Å². The summed E-state index contributed by atoms with van der Waals surface area (Å²) in [6.45, 7) is 1.78. The van der Waals surface area contributed by atoms with Crippen molar-refractivity contribution in [3.05, 3.63) is 34.3 Å². The van der Waals surface area contributed by atoms with Gasteiger partial charge in [0.25, 0.3) is 0 Å². The third-order valence-electron chi connectivity index (χ3n) is 4.40. The van der Waals surface area contributed by atoms with E-state index in [-0.39, 0.29) is 29.8 Å². The van der Waals surface area contributed by atoms with Gasteiger partial charge in [0, 0.05) is 11.0 Å². The minimum atomic E-state index is -0.111. The largest absolute Gasteiger partial charge is 0.346 e. The summed E-state index contributed by atoms with van der Waals surface area (Å²) in [7, 11) is 0. The van der Waals surface area contributed by atoms with Crippen LogP contribution in [0.3, 0.4) is 0 Å². The third kappa shape index (κ3) is 3.02. The Morgan fingerprint density at radius 1 is 1.30 bits per heavy atom. The second-order valence-corrected chi connectivity index (χ2v) is 6.54. The number of amides is 1. The zero-order chi connectivity index (χ0) is 13.3. The van der Waals surface area contributed by atoms with Crippen LogP contribution >= 0.6 is 28.3 Å². The predicted octanol–water partition coefficient (Wildman–Crippen LogP) is 2.98. The van der Waals surface area contributed by atoms with Gasteiger partial charge < -0.3 is 10.6 Å². The minimum absolute atomic E-state index is 0. The fourth-order valence-corrected chi connectivity index (χ4v) is 3.27. The SMILES string of the molecule is Cl.O=C(NC1(c2ccc(Br)cc2)CCC1)C1CCNC1. The second-order valence-electron chi connectivity index (χ2n) is 5.62. The molecule has 5 heteroatoms. The average Bonchev–Trinajstić information content (AvgIpc) is 2.89. The molecule has 1 saturated heterocycles. The molecule has 1 aliphatic heterocycles. The lowest BCUT2D eigenvalue weighted by Crippen LogP contribution is -2.52. The van der Waals surface area contributed by atoms with Crippen LogP contribution in [0.5, 0.6) is 0 Å². The maximum absolute atomic E-state index is 12.3. The Balaban J connectivity index is 0.00000147. The molecule has 1 aliphatic carbocycles. The first-order valence-corrected chi connectivity index (χ1v) is 7.78. The van der Waals surface area contributed by atoms with Gasteiger partial charge in [-0.1, -0.05) is 28.1 Å². The van der Waals surface area contributed by atoms with Gasteiger partial charge in [0.15, 0.2) is 0 Å². The number of nitrogens with one attached hydrogen (secondary N) is 2. The van der Waals surface area contributed by atoms with E-state index < -0.39 is 0 Å². The van der Waals surface area contributed by atoms with Crippen molar-refractivity contribution in [3.63, 3.8) is 0 Å². The second kappa shape index (κ2) is 6.46. The van der Waals surface area contributed by atoms with E-state index >= 15 is 0 Å². The monoisotopic (exact) mass is 358 g/mol. The number of benzene rings is 1. The van der Waals surface area contributed by atoms with Crippen LogP contribution in [0.1, 0.15) is 31.2 Å². The first-order valence-electron chi connectivity index (χ1n) is 6.98. The summed E-state index contributed by atoms with van der Waals surface area (Å²) in [4.78, 5) is 12.3. The van der Waals surface area contributed by atoms with Crippen molar-refractivity contribution in [3.8, 4) is 0 Å². The van der Waals surface area contributed by atoms with Gasteiger partial charge in [0.2, 0.25) is 5.91 Å². The van der Waals surface area contributed by atoms with Gasteiger partial charge in [0.1, 0.15) is 0 Å². The lowest BCUT2D eigenvalue weighted by Gasteiger charge is -2.43. The average molecular weight is 360 g/mol. The summed E-state index contributed by atoms with van der Waals surface area (Å²) in [5, 5.41) is 6.57. The van der Waals surface area contributed by atoms with Crippen molar-refractivity contribution in [2.24, 2.45) is 5.92 Å². The molecule has 1 unspecified atom stereocenters. The zero-order valence-electron chi connectivity index (χ0n) is 11.3. The van der Waals surface area contributed by atoms with Crippen LogP contribution < -0.4 is 10.6 Å². The Labute approximate surface area is 134 Å². The number of carbonyl (C=O) groups is 1. The molecule has 1 saturated carbocycles. The maximum atomic E-state index is 12.3. The van der Waals surface area contributed by atoms with Gasteiger partial charge in [-0.05, 0) is 49.9 Å². The lowest BCUT2D eigenvalue weighted by molar-refractivity contribution is -0.127. The topological polar surface area (TPSA) is 41.1 Å². The summed E-state index contributed by atoms with van der Waals surface area (Å²) in [6.07, 6.45) is 4.27. The fourth-order valence-electron chi connectivity index (χ4n) is 3.00. The molecule has 2 aliphatic rings. The first kappa shape index (κ1) is 15.8. The highest BCUT2D eigenvalue weighted by atomic mass is 79.9. The van der Waals surface area contributed by atoms with Crippen LogP contribution in [0, 0.1) is 5.92 Å². The van der Waals surface area contributed by atoms with Crippen LogP contribution in [0.15, 0.2) is 28.7 Å². The Bertz CT molecular complexity index is 467. The Morgan fingerprint density at radius 3 is 2.50 bits per heavy atom. The van der Waals surface area contributed by atoms with Gasteiger partial charge in [-0.3, -0.25) is 4.79 Å². The molecule has 1 atom stereocenters. The lowest BCUT2D eigenvalue weighted by atomic mass is 9.71. The molecule has 3 rings (SSSR count). The molecule has 20 heavy (non-hydrogen) atoms. The van der Waals surface area contributed by atoms with Crippen LogP contribution in [0.4, 0.5) is 0 Å². The van der Waals surface area contributed by atoms with Crippen LogP contribution in [0.2, 0.25) is 0 Å². The molecule has 1 amide bonds. The van der Waals surface area contributed by atoms with Gasteiger partial charge in [-0.2, -0.15) is 0 Å². The molecule has 1 aromatic rings. The molecule has 1 aromatic carbocycles. The highest BCUT2D eigenvalue weighted by Crippen LogP contribution is 2.41. The minimum Gasteiger partial charge on any atom is -0.346 e. The molecule has 0 aromatic heterocycles. The van der Waals surface area contributed by atoms with E-state index in [9.17, 15) is 4.79 Å². The summed E-state index contributed by atoms with van der Waals surface area (Å²) >= 11 is 3.46. The normalized spacial score (nSPS) is 23.6. The Morgan fingerprint density at radius 2 is 2.00 bits per heavy atom. The van der Waals surface area contributed by atoms with Gasteiger partial charge in [0.05, 0.1) is 11.5 Å². The van der Waals surface area contributed by atoms with Crippen molar-refractivity contribution in [1.29, 1.82) is 0 Å². The number of halogens is 2. The summed E-state index contributed by atoms with van der Waals surface area (Å²) in [5.74, 6) is 0.362. The molecule has 0 radical (unpaired) electrons. The molecule has 2 fully saturated rings. The van der Waals surface area contributed by atoms with Crippen LogP contribution in [-0.2, 0) is 10.3 Å². The number of hydrogen-bond donors (Lipinski definition) is 2. The molecule has 1 heterocycles. The Hall–Kier alpha value is -0.580. The standard InChI is InChI=1S/C15H19BrN2O.ClH/c16-13-4-2-12(3-5-13)15(7-1-8-15)18-14(19)11-6-9-17-10-11;/h2-5,11,17H,1,6-10H2,(H,18,19);1H. The van der Waals surface area contributed by atoms with Crippen molar-refractivity contribution in [2.75, 3.05) is 13.1 Å². The van der Waals surface area contributed by atoms with Gasteiger partial charge in [-0.15, -0.1) is 12.4 Å². The van der Waals surface area contributed by atoms with E-state index in [0.29, 0.717) is 0 Å². The van der Waals surface area contributed by atoms with Gasteiger partial charge >= 0.3 is 0 Å². The zero-order valence-corrected chi connectivity index (χ0v) is 13.7. The molecule has 2 N–H and O–H groups in total. The molecular weight excluding hydrogens is 340 g/mol. The molecule has 110 valence electrons. The highest BCUT2D eigenvalue weighted by Gasteiger charge is 2.41. The van der Waals surface area contributed by atoms with Crippen molar-refractivity contribution in [1.82, 2.24) is 10.6 Å². The summed E-state index contributed by atoms with van der Waals surface area (Å²) in [6, 6.07) is 8.35. The molecule has 0 bridgehead atoms.